The average molecular weight is 258 g/mol. The number of benzene rings is 1. The lowest BCUT2D eigenvalue weighted by atomic mass is 10.3. The van der Waals surface area contributed by atoms with E-state index in [1.54, 1.807) is 12.3 Å². The number of para-hydroxylation sites is 1. The molecule has 0 aliphatic carbocycles. The van der Waals surface area contributed by atoms with E-state index in [0.717, 1.165) is 5.69 Å². The van der Waals surface area contributed by atoms with Crippen molar-refractivity contribution in [1.29, 1.82) is 0 Å². The first-order chi connectivity index (χ1) is 9.22. The van der Waals surface area contributed by atoms with Crippen molar-refractivity contribution >= 4 is 5.97 Å². The molecule has 0 radical (unpaired) electrons. The van der Waals surface area contributed by atoms with Gasteiger partial charge in [-0.15, -0.1) is 6.58 Å². The number of hydrogen-bond donors (Lipinski definition) is 1. The lowest BCUT2D eigenvalue weighted by molar-refractivity contribution is 0.0685. The Kier molecular flexibility index (Phi) is 3.97. The third-order valence-electron chi connectivity index (χ3n) is 2.48. The van der Waals surface area contributed by atoms with Gasteiger partial charge >= 0.3 is 5.97 Å². The van der Waals surface area contributed by atoms with Crippen LogP contribution in [0.4, 0.5) is 0 Å². The van der Waals surface area contributed by atoms with Crippen LogP contribution in [-0.2, 0) is 0 Å². The van der Waals surface area contributed by atoms with E-state index in [4.69, 9.17) is 9.84 Å². The number of rotatable bonds is 6. The predicted octanol–water partition coefficient (Wildman–Crippen LogP) is 2.53. The smallest absolute Gasteiger partial charge is 0.360 e. The van der Waals surface area contributed by atoms with E-state index in [1.807, 2.05) is 30.3 Å². The SMILES string of the molecule is C=CCCOc1cn(-c2ccccc2)nc1C(=O)O. The zero-order chi connectivity index (χ0) is 13.7. The van der Waals surface area contributed by atoms with Gasteiger partial charge in [0, 0.05) is 0 Å². The van der Waals surface area contributed by atoms with E-state index in [-0.39, 0.29) is 11.4 Å². The standard InChI is InChI=1S/C14H14N2O3/c1-2-3-9-19-12-10-16(15-13(12)14(17)18)11-7-5-4-6-8-11/h2,4-8,10H,1,3,9H2,(H,17,18). The molecule has 0 unspecified atom stereocenters. The third kappa shape index (κ3) is 3.01. The number of carbonyl (C=O) groups is 1. The van der Waals surface area contributed by atoms with E-state index in [2.05, 4.69) is 11.7 Å². The fourth-order valence-corrected chi connectivity index (χ4v) is 1.58. The topological polar surface area (TPSA) is 64.4 Å². The largest absolute Gasteiger partial charge is 0.489 e. The summed E-state index contributed by atoms with van der Waals surface area (Å²) in [5.41, 5.74) is 0.691. The summed E-state index contributed by atoms with van der Waals surface area (Å²) in [5, 5.41) is 13.1. The van der Waals surface area contributed by atoms with Crippen LogP contribution < -0.4 is 4.74 Å². The van der Waals surface area contributed by atoms with Crippen molar-refractivity contribution in [2.75, 3.05) is 6.61 Å². The molecule has 0 aliphatic rings. The van der Waals surface area contributed by atoms with Gasteiger partial charge in [0.05, 0.1) is 18.5 Å². The monoisotopic (exact) mass is 258 g/mol. The maximum Gasteiger partial charge on any atom is 0.360 e. The van der Waals surface area contributed by atoms with Crippen LogP contribution in [0.3, 0.4) is 0 Å². The predicted molar refractivity (Wildman–Crippen MR) is 70.8 cm³/mol. The van der Waals surface area contributed by atoms with Crippen LogP contribution in [0, 0.1) is 0 Å². The van der Waals surface area contributed by atoms with Gasteiger partial charge < -0.3 is 9.84 Å². The Morgan fingerprint density at radius 1 is 1.42 bits per heavy atom. The highest BCUT2D eigenvalue weighted by Crippen LogP contribution is 2.20. The second-order valence-electron chi connectivity index (χ2n) is 3.85. The van der Waals surface area contributed by atoms with Crippen molar-refractivity contribution in [2.24, 2.45) is 0 Å². The summed E-state index contributed by atoms with van der Waals surface area (Å²) in [5.74, 6) is -0.846. The number of hydrogen-bond acceptors (Lipinski definition) is 3. The van der Waals surface area contributed by atoms with Crippen molar-refractivity contribution < 1.29 is 14.6 Å². The van der Waals surface area contributed by atoms with E-state index >= 15 is 0 Å². The molecule has 0 amide bonds. The fourth-order valence-electron chi connectivity index (χ4n) is 1.58. The van der Waals surface area contributed by atoms with Gasteiger partial charge in [0.25, 0.3) is 0 Å². The number of carboxylic acid groups (broad SMARTS) is 1. The summed E-state index contributed by atoms with van der Waals surface area (Å²) in [7, 11) is 0. The van der Waals surface area contributed by atoms with E-state index in [1.165, 1.54) is 4.68 Å². The van der Waals surface area contributed by atoms with Crippen molar-refractivity contribution in [3.63, 3.8) is 0 Å². The number of carboxylic acids is 1. The van der Waals surface area contributed by atoms with Gasteiger partial charge in [0.1, 0.15) is 0 Å². The molecular weight excluding hydrogens is 244 g/mol. The molecule has 0 saturated heterocycles. The molecule has 1 heterocycles. The molecular formula is C14H14N2O3. The normalized spacial score (nSPS) is 10.1. The lowest BCUT2D eigenvalue weighted by Gasteiger charge is -2.01. The molecule has 1 aromatic carbocycles. The summed E-state index contributed by atoms with van der Waals surface area (Å²) in [4.78, 5) is 11.1. The molecule has 5 heteroatoms. The minimum absolute atomic E-state index is 0.0899. The lowest BCUT2D eigenvalue weighted by Crippen LogP contribution is -2.03. The van der Waals surface area contributed by atoms with E-state index < -0.39 is 5.97 Å². The quantitative estimate of drug-likeness (QED) is 0.638. The van der Waals surface area contributed by atoms with Crippen molar-refractivity contribution in [1.82, 2.24) is 9.78 Å². The van der Waals surface area contributed by atoms with Crippen molar-refractivity contribution in [3.8, 4) is 11.4 Å². The first-order valence-corrected chi connectivity index (χ1v) is 5.84. The van der Waals surface area contributed by atoms with Crippen LogP contribution in [0.15, 0.2) is 49.2 Å². The van der Waals surface area contributed by atoms with Crippen molar-refractivity contribution in [3.05, 3.63) is 54.9 Å². The first kappa shape index (κ1) is 12.9. The van der Waals surface area contributed by atoms with Crippen LogP contribution in [0.25, 0.3) is 5.69 Å². The van der Waals surface area contributed by atoms with Crippen LogP contribution in [-0.4, -0.2) is 27.5 Å². The van der Waals surface area contributed by atoms with Gasteiger partial charge in [0.15, 0.2) is 5.75 Å². The molecule has 98 valence electrons. The highest BCUT2D eigenvalue weighted by Gasteiger charge is 2.17. The van der Waals surface area contributed by atoms with Gasteiger partial charge in [-0.05, 0) is 18.6 Å². The number of ether oxygens (including phenoxy) is 1. The molecule has 0 aliphatic heterocycles. The molecule has 0 atom stereocenters. The summed E-state index contributed by atoms with van der Waals surface area (Å²) in [6.07, 6.45) is 3.93. The zero-order valence-electron chi connectivity index (χ0n) is 10.3. The van der Waals surface area contributed by atoms with Gasteiger partial charge in [-0.3, -0.25) is 0 Å². The molecule has 19 heavy (non-hydrogen) atoms. The maximum absolute atomic E-state index is 11.1. The minimum atomic E-state index is -1.11. The number of aromatic nitrogens is 2. The number of aromatic carboxylic acids is 1. The molecule has 1 N–H and O–H groups in total. The molecule has 2 rings (SSSR count). The second-order valence-corrected chi connectivity index (χ2v) is 3.85. The minimum Gasteiger partial charge on any atom is -0.489 e. The maximum atomic E-state index is 11.1. The molecule has 0 spiro atoms. The Morgan fingerprint density at radius 2 is 2.16 bits per heavy atom. The summed E-state index contributed by atoms with van der Waals surface area (Å²) < 4.78 is 6.90. The highest BCUT2D eigenvalue weighted by atomic mass is 16.5. The Morgan fingerprint density at radius 3 is 2.79 bits per heavy atom. The van der Waals surface area contributed by atoms with Gasteiger partial charge in [-0.1, -0.05) is 24.3 Å². The van der Waals surface area contributed by atoms with Crippen molar-refractivity contribution in [2.45, 2.75) is 6.42 Å². The summed E-state index contributed by atoms with van der Waals surface area (Å²) in [6, 6.07) is 9.27. The van der Waals surface area contributed by atoms with Crippen LogP contribution in [0.1, 0.15) is 16.9 Å². The Labute approximate surface area is 110 Å². The van der Waals surface area contributed by atoms with Gasteiger partial charge in [0.2, 0.25) is 5.69 Å². The number of nitrogens with zero attached hydrogens (tertiary/aromatic N) is 2. The highest BCUT2D eigenvalue weighted by molar-refractivity contribution is 5.88. The summed E-state index contributed by atoms with van der Waals surface area (Å²) >= 11 is 0. The Bertz CT molecular complexity index is 576. The molecule has 0 bridgehead atoms. The summed E-state index contributed by atoms with van der Waals surface area (Å²) in [6.45, 7) is 3.96. The van der Waals surface area contributed by atoms with E-state index in [9.17, 15) is 4.79 Å². The second kappa shape index (κ2) is 5.86. The zero-order valence-corrected chi connectivity index (χ0v) is 10.3. The molecule has 0 fully saturated rings. The Hall–Kier alpha value is -2.56. The molecule has 1 aromatic heterocycles. The fraction of sp³-hybridized carbons (Fsp3) is 0.143. The molecule has 2 aromatic rings. The van der Waals surface area contributed by atoms with Crippen LogP contribution >= 0.6 is 0 Å². The van der Waals surface area contributed by atoms with Gasteiger partial charge in [-0.2, -0.15) is 5.10 Å². The first-order valence-electron chi connectivity index (χ1n) is 5.84. The third-order valence-corrected chi connectivity index (χ3v) is 2.48. The van der Waals surface area contributed by atoms with Gasteiger partial charge in [-0.25, -0.2) is 9.48 Å². The molecule has 0 saturated carbocycles. The van der Waals surface area contributed by atoms with Crippen LogP contribution in [0.2, 0.25) is 0 Å². The Balaban J connectivity index is 2.29. The average Bonchev–Trinajstić information content (AvgIpc) is 2.84. The molecule has 5 nitrogen and oxygen atoms in total. The van der Waals surface area contributed by atoms with Crippen LogP contribution in [0.5, 0.6) is 5.75 Å². The van der Waals surface area contributed by atoms with E-state index in [0.29, 0.717) is 13.0 Å².